The van der Waals surface area contributed by atoms with E-state index in [-0.39, 0.29) is 0 Å². The summed E-state index contributed by atoms with van der Waals surface area (Å²) in [5, 5.41) is 12.8. The van der Waals surface area contributed by atoms with Crippen molar-refractivity contribution in [2.75, 3.05) is 5.32 Å². The highest BCUT2D eigenvalue weighted by atomic mass is 32.1. The number of nitrogens with one attached hydrogen (secondary N) is 2. The lowest BCUT2D eigenvalue weighted by molar-refractivity contribution is 1.47. The average Bonchev–Trinajstić information content (AvgIpc) is 2.83. The molecule has 1 heterocycles. The van der Waals surface area contributed by atoms with Crippen LogP contribution in [-0.4, -0.2) is 5.84 Å². The highest BCUT2D eigenvalue weighted by molar-refractivity contribution is 7.12. The smallest absolute Gasteiger partial charge is 0.140 e. The first-order chi connectivity index (χ1) is 7.79. The number of rotatable bonds is 2. The Morgan fingerprint density at radius 2 is 2.00 bits per heavy atom. The summed E-state index contributed by atoms with van der Waals surface area (Å²) in [6.45, 7) is 0. The largest absolute Gasteiger partial charge is 0.340 e. The van der Waals surface area contributed by atoms with Crippen molar-refractivity contribution in [1.82, 2.24) is 0 Å². The molecule has 0 fully saturated rings. The molecule has 78 valence electrons. The van der Waals surface area contributed by atoms with Gasteiger partial charge in [0.25, 0.3) is 0 Å². The first-order valence-corrected chi connectivity index (χ1v) is 5.63. The molecule has 16 heavy (non-hydrogen) atoms. The highest BCUT2D eigenvalue weighted by Crippen LogP contribution is 2.13. The molecule has 2 rings (SSSR count). The third kappa shape index (κ3) is 2.30. The molecule has 0 aliphatic carbocycles. The SMILES string of the molecule is C#Cc1ccc(NC(=N)c2cccs2)cc1. The van der Waals surface area contributed by atoms with Gasteiger partial charge in [0.05, 0.1) is 4.88 Å². The molecule has 0 unspecified atom stereocenters. The van der Waals surface area contributed by atoms with Crippen molar-refractivity contribution in [3.63, 3.8) is 0 Å². The predicted octanol–water partition coefficient (Wildman–Crippen LogP) is 3.17. The van der Waals surface area contributed by atoms with E-state index in [2.05, 4.69) is 11.2 Å². The van der Waals surface area contributed by atoms with Crippen molar-refractivity contribution in [2.45, 2.75) is 0 Å². The van der Waals surface area contributed by atoms with Gasteiger partial charge in [-0.2, -0.15) is 0 Å². The van der Waals surface area contributed by atoms with E-state index >= 15 is 0 Å². The van der Waals surface area contributed by atoms with Crippen molar-refractivity contribution in [3.05, 3.63) is 52.2 Å². The Bertz CT molecular complexity index is 518. The zero-order valence-electron chi connectivity index (χ0n) is 8.53. The van der Waals surface area contributed by atoms with Gasteiger partial charge in [0.15, 0.2) is 0 Å². The first kappa shape index (κ1) is 10.5. The summed E-state index contributed by atoms with van der Waals surface area (Å²) in [7, 11) is 0. The van der Waals surface area contributed by atoms with Crippen LogP contribution in [0.2, 0.25) is 0 Å². The lowest BCUT2D eigenvalue weighted by Gasteiger charge is -2.05. The normalized spacial score (nSPS) is 9.44. The van der Waals surface area contributed by atoms with Gasteiger partial charge in [0, 0.05) is 11.3 Å². The second kappa shape index (κ2) is 4.65. The second-order valence-electron chi connectivity index (χ2n) is 3.20. The number of hydrogen-bond donors (Lipinski definition) is 2. The van der Waals surface area contributed by atoms with Crippen molar-refractivity contribution in [2.24, 2.45) is 0 Å². The number of thiophene rings is 1. The third-order valence-corrected chi connectivity index (χ3v) is 2.98. The standard InChI is InChI=1S/C13H10N2S/c1-2-10-5-7-11(8-6-10)15-13(14)12-4-3-9-16-12/h1,3-9H,(H2,14,15). The Morgan fingerprint density at radius 3 is 2.56 bits per heavy atom. The van der Waals surface area contributed by atoms with E-state index in [4.69, 9.17) is 11.8 Å². The van der Waals surface area contributed by atoms with Crippen LogP contribution in [0.4, 0.5) is 5.69 Å². The maximum Gasteiger partial charge on any atom is 0.140 e. The predicted molar refractivity (Wildman–Crippen MR) is 69.1 cm³/mol. The molecule has 0 amide bonds. The lowest BCUT2D eigenvalue weighted by Crippen LogP contribution is -2.09. The van der Waals surface area contributed by atoms with Crippen LogP contribution in [0.5, 0.6) is 0 Å². The molecular formula is C13H10N2S. The number of hydrogen-bond acceptors (Lipinski definition) is 2. The van der Waals surface area contributed by atoms with E-state index in [1.165, 1.54) is 11.3 Å². The molecule has 1 aromatic carbocycles. The van der Waals surface area contributed by atoms with E-state index in [0.717, 1.165) is 16.1 Å². The summed E-state index contributed by atoms with van der Waals surface area (Å²) in [5.41, 5.74) is 1.71. The molecule has 0 atom stereocenters. The van der Waals surface area contributed by atoms with Gasteiger partial charge in [0.1, 0.15) is 5.84 Å². The maximum absolute atomic E-state index is 7.84. The van der Waals surface area contributed by atoms with E-state index in [0.29, 0.717) is 5.84 Å². The molecule has 3 heteroatoms. The van der Waals surface area contributed by atoms with Gasteiger partial charge in [-0.05, 0) is 35.7 Å². The molecule has 0 aliphatic heterocycles. The van der Waals surface area contributed by atoms with E-state index in [9.17, 15) is 0 Å². The minimum atomic E-state index is 0.406. The highest BCUT2D eigenvalue weighted by Gasteiger charge is 2.01. The molecule has 0 bridgehead atoms. The fraction of sp³-hybridized carbons (Fsp3) is 0. The fourth-order valence-electron chi connectivity index (χ4n) is 1.28. The summed E-state index contributed by atoms with van der Waals surface area (Å²) < 4.78 is 0. The summed E-state index contributed by atoms with van der Waals surface area (Å²) in [6, 6.07) is 11.3. The third-order valence-electron chi connectivity index (χ3n) is 2.09. The molecule has 2 nitrogen and oxygen atoms in total. The van der Waals surface area contributed by atoms with Crippen molar-refractivity contribution in [3.8, 4) is 12.3 Å². The van der Waals surface area contributed by atoms with Crippen molar-refractivity contribution in [1.29, 1.82) is 5.41 Å². The molecule has 0 radical (unpaired) electrons. The van der Waals surface area contributed by atoms with Gasteiger partial charge in [-0.15, -0.1) is 17.8 Å². The molecule has 2 aromatic rings. The van der Waals surface area contributed by atoms with Crippen LogP contribution in [0.1, 0.15) is 10.4 Å². The molecule has 0 saturated heterocycles. The van der Waals surface area contributed by atoms with Crippen LogP contribution < -0.4 is 5.32 Å². The van der Waals surface area contributed by atoms with E-state index < -0.39 is 0 Å². The van der Waals surface area contributed by atoms with Gasteiger partial charge in [-0.3, -0.25) is 5.41 Å². The second-order valence-corrected chi connectivity index (χ2v) is 4.15. The summed E-state index contributed by atoms with van der Waals surface area (Å²) in [4.78, 5) is 0.918. The quantitative estimate of drug-likeness (QED) is 0.460. The Morgan fingerprint density at radius 1 is 1.25 bits per heavy atom. The number of terminal acetylenes is 1. The van der Waals surface area contributed by atoms with E-state index in [1.54, 1.807) is 0 Å². The topological polar surface area (TPSA) is 35.9 Å². The van der Waals surface area contributed by atoms with Gasteiger partial charge >= 0.3 is 0 Å². The van der Waals surface area contributed by atoms with Crippen LogP contribution in [0, 0.1) is 17.8 Å². The monoisotopic (exact) mass is 226 g/mol. The number of benzene rings is 1. The Kier molecular flexibility index (Phi) is 3.04. The van der Waals surface area contributed by atoms with Crippen molar-refractivity contribution >= 4 is 22.9 Å². The van der Waals surface area contributed by atoms with Gasteiger partial charge in [-0.1, -0.05) is 12.0 Å². The van der Waals surface area contributed by atoms with Crippen LogP contribution in [-0.2, 0) is 0 Å². The molecule has 0 aliphatic rings. The zero-order valence-corrected chi connectivity index (χ0v) is 9.34. The molecule has 1 aromatic heterocycles. The molecule has 0 spiro atoms. The number of anilines is 1. The van der Waals surface area contributed by atoms with Crippen molar-refractivity contribution < 1.29 is 0 Å². The molecule has 0 saturated carbocycles. The number of amidine groups is 1. The maximum atomic E-state index is 7.84. The Labute approximate surface area is 98.5 Å². The lowest BCUT2D eigenvalue weighted by atomic mass is 10.2. The van der Waals surface area contributed by atoms with Crippen LogP contribution in [0.3, 0.4) is 0 Å². The zero-order chi connectivity index (χ0) is 11.4. The summed E-state index contributed by atoms with van der Waals surface area (Å²) in [5.74, 6) is 2.96. The van der Waals surface area contributed by atoms with Gasteiger partial charge in [-0.25, -0.2) is 0 Å². The van der Waals surface area contributed by atoms with Gasteiger partial charge < -0.3 is 5.32 Å². The van der Waals surface area contributed by atoms with E-state index in [1.807, 2.05) is 41.8 Å². The van der Waals surface area contributed by atoms with Gasteiger partial charge in [0.2, 0.25) is 0 Å². The summed E-state index contributed by atoms with van der Waals surface area (Å²) in [6.07, 6.45) is 5.27. The Hall–Kier alpha value is -2.05. The average molecular weight is 226 g/mol. The fourth-order valence-corrected chi connectivity index (χ4v) is 1.91. The minimum absolute atomic E-state index is 0.406. The summed E-state index contributed by atoms with van der Waals surface area (Å²) >= 11 is 1.54. The van der Waals surface area contributed by atoms with Crippen LogP contribution in [0.15, 0.2) is 41.8 Å². The Balaban J connectivity index is 2.10. The van der Waals surface area contributed by atoms with Crippen LogP contribution >= 0.6 is 11.3 Å². The van der Waals surface area contributed by atoms with Crippen LogP contribution in [0.25, 0.3) is 0 Å². The molecule has 2 N–H and O–H groups in total. The molecular weight excluding hydrogens is 216 g/mol. The first-order valence-electron chi connectivity index (χ1n) is 4.76. The minimum Gasteiger partial charge on any atom is -0.340 e.